The van der Waals surface area contributed by atoms with E-state index in [1.807, 2.05) is 0 Å². The Morgan fingerprint density at radius 3 is 1.42 bits per heavy atom. The first-order chi connectivity index (χ1) is 53.4. The summed E-state index contributed by atoms with van der Waals surface area (Å²) in [6.45, 7) is 19.4. The van der Waals surface area contributed by atoms with Crippen LogP contribution in [-0.2, 0) is 34.5 Å². The number of furan rings is 2. The SMILES string of the molecule is CCCCCCCC1(CCCCCCC)c2cc(C(CCc3ccc4c(c3)C(C)(C)c3cc5c(cc3-4)C(C)(C)c3ccc4oc6ccccc6c4c3-5)Cc3ccc(N(c4ccccc4)c4ccccc4)cc3)ccc2-c2c1c1c(c3c2oc2ccccc23)-c2ccccc2C1(CCCCCCC)CCCCCCC. The van der Waals surface area contributed by atoms with Gasteiger partial charge in [-0.25, -0.2) is 0 Å². The number of benzene rings is 11. The second-order valence-corrected chi connectivity index (χ2v) is 34.6. The quantitative estimate of drug-likeness (QED) is 0.0384. The molecule has 556 valence electrons. The maximum atomic E-state index is 7.68. The normalized spacial score (nSPS) is 15.1. The summed E-state index contributed by atoms with van der Waals surface area (Å²) in [4.78, 5) is 2.41. The molecule has 11 aromatic carbocycles. The van der Waals surface area contributed by atoms with Gasteiger partial charge in [0.2, 0.25) is 0 Å². The average Bonchev–Trinajstić information content (AvgIpc) is 1.49. The number of anilines is 3. The minimum absolute atomic E-state index is 0.122. The summed E-state index contributed by atoms with van der Waals surface area (Å²) < 4.78 is 14.3. The van der Waals surface area contributed by atoms with E-state index in [1.54, 1.807) is 22.3 Å². The fourth-order valence-corrected chi connectivity index (χ4v) is 21.5. The molecule has 17 rings (SSSR count). The van der Waals surface area contributed by atoms with Crippen LogP contribution in [0.5, 0.6) is 0 Å². The van der Waals surface area contributed by atoms with Gasteiger partial charge in [0.05, 0.1) is 0 Å². The van der Waals surface area contributed by atoms with Crippen LogP contribution in [0.4, 0.5) is 17.1 Å². The van der Waals surface area contributed by atoms with E-state index < -0.39 is 0 Å². The molecule has 0 radical (unpaired) electrons. The van der Waals surface area contributed by atoms with Gasteiger partial charge in [-0.15, -0.1) is 0 Å². The van der Waals surface area contributed by atoms with Gasteiger partial charge in [-0.3, -0.25) is 0 Å². The van der Waals surface area contributed by atoms with Crippen LogP contribution in [0.25, 0.3) is 88.4 Å². The number of nitrogens with zero attached hydrogens (tertiary/aromatic N) is 1. The standard InChI is InChI=1S/C106H115NO2/c1-9-13-17-21-37-63-105(64-38-22-18-14-10-2)86-48-34-31-45-80(86)97-98-83-47-33-36-50-93(83)109-102(98)99-81-60-56-75(69-91(81)106(101(99)100(97)105,65-39-23-19-15-11-3)66-40-24-20-16-12-4)74(67-72-52-57-78(58-53-72)107(76-41-27-25-28-42-76)77-43-29-26-30-44-77)55-51-73-54-59-79-84-70-90-85(71-89(84)104(7,8)88(79)68-73)95-87(103(90,5)6)61-62-94-96(95)82-46-32-35-49-92(82)108-94/h25-36,41-50,52-54,56-62,68-71,74H,9-24,37-40,51,55,63-67H2,1-8H3. The molecule has 0 saturated heterocycles. The predicted octanol–water partition coefficient (Wildman–Crippen LogP) is 31.5. The van der Waals surface area contributed by atoms with Crippen molar-refractivity contribution in [1.82, 2.24) is 0 Å². The fraction of sp³-hybridized carbons (Fsp3) is 0.377. The number of rotatable bonds is 33. The molecule has 0 amide bonds. The maximum absolute atomic E-state index is 7.68. The summed E-state index contributed by atoms with van der Waals surface area (Å²) >= 11 is 0. The molecule has 0 N–H and O–H groups in total. The molecule has 0 spiro atoms. The molecule has 4 aliphatic rings. The number of unbranched alkanes of at least 4 members (excludes halogenated alkanes) is 16. The van der Waals surface area contributed by atoms with E-state index >= 15 is 0 Å². The molecule has 2 aromatic heterocycles. The lowest BCUT2D eigenvalue weighted by Gasteiger charge is -2.40. The van der Waals surface area contributed by atoms with Crippen LogP contribution in [0, 0.1) is 0 Å². The summed E-state index contributed by atoms with van der Waals surface area (Å²) in [5.41, 5.74) is 34.7. The molecule has 0 bridgehead atoms. The van der Waals surface area contributed by atoms with Crippen molar-refractivity contribution in [3.8, 4) is 44.5 Å². The van der Waals surface area contributed by atoms with E-state index in [-0.39, 0.29) is 27.6 Å². The minimum Gasteiger partial charge on any atom is -0.456 e. The Hall–Kier alpha value is -9.18. The van der Waals surface area contributed by atoms with E-state index in [0.29, 0.717) is 0 Å². The smallest absolute Gasteiger partial charge is 0.144 e. The molecule has 109 heavy (non-hydrogen) atoms. The molecule has 1 unspecified atom stereocenters. The van der Waals surface area contributed by atoms with Gasteiger partial charge < -0.3 is 13.7 Å². The average molecular weight is 1440 g/mol. The van der Waals surface area contributed by atoms with Gasteiger partial charge in [-0.1, -0.05) is 335 Å². The number of aryl methyl sites for hydroxylation is 1. The summed E-state index contributed by atoms with van der Waals surface area (Å²) in [5, 5.41) is 5.07. The van der Waals surface area contributed by atoms with Crippen molar-refractivity contribution in [3.05, 3.63) is 280 Å². The van der Waals surface area contributed by atoms with Gasteiger partial charge >= 0.3 is 0 Å². The maximum Gasteiger partial charge on any atom is 0.144 e. The van der Waals surface area contributed by atoms with Crippen LogP contribution < -0.4 is 4.90 Å². The largest absolute Gasteiger partial charge is 0.456 e. The third-order valence-electron chi connectivity index (χ3n) is 27.1. The highest BCUT2D eigenvalue weighted by Gasteiger charge is 2.54. The van der Waals surface area contributed by atoms with Crippen LogP contribution in [0.1, 0.15) is 283 Å². The van der Waals surface area contributed by atoms with Gasteiger partial charge in [-0.05, 0) is 218 Å². The fourth-order valence-electron chi connectivity index (χ4n) is 21.5. The highest BCUT2D eigenvalue weighted by Crippen LogP contribution is 2.68. The Kier molecular flexibility index (Phi) is 20.4. The van der Waals surface area contributed by atoms with Crippen molar-refractivity contribution in [2.75, 3.05) is 4.90 Å². The summed E-state index contributed by atoms with van der Waals surface area (Å²) in [7, 11) is 0. The molecule has 3 heteroatoms. The van der Waals surface area contributed by atoms with Gasteiger partial charge in [0.25, 0.3) is 0 Å². The van der Waals surface area contributed by atoms with E-state index in [1.165, 1.54) is 252 Å². The molecule has 0 fully saturated rings. The second-order valence-electron chi connectivity index (χ2n) is 34.6. The van der Waals surface area contributed by atoms with Crippen LogP contribution in [0.15, 0.2) is 227 Å². The monoisotopic (exact) mass is 1430 g/mol. The molecule has 0 saturated carbocycles. The first kappa shape index (κ1) is 72.7. The van der Waals surface area contributed by atoms with Gasteiger partial charge in [0, 0.05) is 65.8 Å². The topological polar surface area (TPSA) is 29.5 Å². The first-order valence-corrected chi connectivity index (χ1v) is 43.0. The Balaban J connectivity index is 0.824. The third kappa shape index (κ3) is 12.7. The summed E-state index contributed by atoms with van der Waals surface area (Å²) in [6, 6.07) is 84.7. The lowest BCUT2D eigenvalue weighted by molar-refractivity contribution is 0.368. The van der Waals surface area contributed by atoms with Crippen LogP contribution in [0.3, 0.4) is 0 Å². The van der Waals surface area contributed by atoms with E-state index in [4.69, 9.17) is 8.83 Å². The Morgan fingerprint density at radius 2 is 0.798 bits per heavy atom. The molecule has 0 aliphatic heterocycles. The third-order valence-corrected chi connectivity index (χ3v) is 27.1. The highest BCUT2D eigenvalue weighted by molar-refractivity contribution is 6.21. The molecular formula is C106H115NO2. The Morgan fingerprint density at radius 1 is 0.321 bits per heavy atom. The number of hydrogen-bond acceptors (Lipinski definition) is 3. The first-order valence-electron chi connectivity index (χ1n) is 43.0. The van der Waals surface area contributed by atoms with E-state index in [2.05, 4.69) is 279 Å². The van der Waals surface area contributed by atoms with Crippen molar-refractivity contribution in [3.63, 3.8) is 0 Å². The zero-order valence-electron chi connectivity index (χ0n) is 66.7. The summed E-state index contributed by atoms with van der Waals surface area (Å²) in [5.74, 6) is 0.233. The Labute approximate surface area is 651 Å². The van der Waals surface area contributed by atoms with Crippen molar-refractivity contribution < 1.29 is 8.83 Å². The van der Waals surface area contributed by atoms with Crippen LogP contribution in [-0.4, -0.2) is 0 Å². The van der Waals surface area contributed by atoms with Crippen LogP contribution in [0.2, 0.25) is 0 Å². The lowest BCUT2D eigenvalue weighted by atomic mass is 9.62. The zero-order chi connectivity index (χ0) is 74.4. The molecule has 2 heterocycles. The summed E-state index contributed by atoms with van der Waals surface area (Å²) in [6.07, 6.45) is 33.1. The Bertz CT molecular complexity index is 5370. The number of para-hydroxylation sites is 4. The lowest BCUT2D eigenvalue weighted by Crippen LogP contribution is -2.33. The van der Waals surface area contributed by atoms with Crippen molar-refractivity contribution in [1.29, 1.82) is 0 Å². The van der Waals surface area contributed by atoms with Gasteiger partial charge in [-0.2, -0.15) is 0 Å². The predicted molar refractivity (Wildman–Crippen MR) is 464 cm³/mol. The van der Waals surface area contributed by atoms with E-state index in [0.717, 1.165) is 65.8 Å². The molecule has 4 aliphatic carbocycles. The molecule has 3 nitrogen and oxygen atoms in total. The minimum atomic E-state index is -0.213. The number of hydrogen-bond donors (Lipinski definition) is 0. The zero-order valence-corrected chi connectivity index (χ0v) is 66.7. The molecule has 1 atom stereocenters. The van der Waals surface area contributed by atoms with Crippen molar-refractivity contribution in [2.24, 2.45) is 0 Å². The van der Waals surface area contributed by atoms with Gasteiger partial charge in [0.1, 0.15) is 22.3 Å². The molecule has 13 aromatic rings. The van der Waals surface area contributed by atoms with Crippen molar-refractivity contribution in [2.45, 2.75) is 256 Å². The van der Waals surface area contributed by atoms with Crippen LogP contribution >= 0.6 is 0 Å². The van der Waals surface area contributed by atoms with Gasteiger partial charge in [0.15, 0.2) is 0 Å². The van der Waals surface area contributed by atoms with E-state index in [9.17, 15) is 0 Å². The van der Waals surface area contributed by atoms with Crippen molar-refractivity contribution >= 4 is 60.9 Å². The second kappa shape index (κ2) is 30.6. The highest BCUT2D eigenvalue weighted by atomic mass is 16.3. The number of fused-ring (bicyclic) bond motifs is 22. The molecular weight excluding hydrogens is 1320 g/mol.